The van der Waals surface area contributed by atoms with E-state index in [0.29, 0.717) is 13.0 Å². The molecule has 5 rings (SSSR count). The standard InChI is InChI=1S/C18H25NO5/c1-17(2)21-8-12(22-17)14-16-15(23-18(3,4)24-16)13-11-6-10(20)5-9(11)7-19(13)14/h5,11-16H,6-8H2,1-4H3/t11-,12?,13+,14-,15+,16-/m0/s1. The van der Waals surface area contributed by atoms with Gasteiger partial charge in [-0.3, -0.25) is 9.69 Å². The SMILES string of the molecule is CC1(C)OCC([C@H]2[C@@H]3OC(C)(C)O[C@@H]3[C@H]3[C@H]4CC(=O)C=C4CN32)O1. The van der Waals surface area contributed by atoms with E-state index < -0.39 is 11.6 Å². The fourth-order valence-corrected chi connectivity index (χ4v) is 5.34. The molecule has 0 saturated carbocycles. The predicted octanol–water partition coefficient (Wildman–Crippen LogP) is 1.24. The minimum absolute atomic E-state index is 0.0147. The van der Waals surface area contributed by atoms with Crippen LogP contribution in [0.5, 0.6) is 0 Å². The van der Waals surface area contributed by atoms with Crippen molar-refractivity contribution >= 4 is 5.78 Å². The number of ether oxygens (including phenoxy) is 4. The molecule has 0 radical (unpaired) electrons. The van der Waals surface area contributed by atoms with Crippen molar-refractivity contribution in [2.24, 2.45) is 5.92 Å². The summed E-state index contributed by atoms with van der Waals surface area (Å²) < 4.78 is 24.5. The van der Waals surface area contributed by atoms with E-state index in [1.54, 1.807) is 0 Å². The number of fused-ring (bicyclic) bond motifs is 5. The fraction of sp³-hybridized carbons (Fsp3) is 0.833. The Morgan fingerprint density at radius 3 is 2.42 bits per heavy atom. The first-order valence-corrected chi connectivity index (χ1v) is 8.91. The smallest absolute Gasteiger partial charge is 0.163 e. The summed E-state index contributed by atoms with van der Waals surface area (Å²) in [5, 5.41) is 0. The van der Waals surface area contributed by atoms with Crippen molar-refractivity contribution in [3.63, 3.8) is 0 Å². The Morgan fingerprint density at radius 2 is 1.75 bits per heavy atom. The molecule has 0 aromatic rings. The van der Waals surface area contributed by atoms with E-state index in [2.05, 4.69) is 4.90 Å². The number of carbonyl (C=O) groups excluding carboxylic acids is 1. The lowest BCUT2D eigenvalue weighted by atomic mass is 9.92. The average Bonchev–Trinajstić information content (AvgIpc) is 3.16. The maximum atomic E-state index is 11.9. The van der Waals surface area contributed by atoms with Gasteiger partial charge in [0.2, 0.25) is 0 Å². The zero-order valence-corrected chi connectivity index (χ0v) is 14.7. The van der Waals surface area contributed by atoms with Crippen molar-refractivity contribution in [2.75, 3.05) is 13.2 Å². The van der Waals surface area contributed by atoms with Crippen LogP contribution in [0.2, 0.25) is 0 Å². The first-order valence-electron chi connectivity index (χ1n) is 8.91. The molecule has 4 saturated heterocycles. The molecule has 5 aliphatic rings. The number of rotatable bonds is 1. The highest BCUT2D eigenvalue weighted by molar-refractivity contribution is 5.94. The lowest BCUT2D eigenvalue weighted by molar-refractivity contribution is -0.181. The highest BCUT2D eigenvalue weighted by Crippen LogP contribution is 2.51. The zero-order valence-electron chi connectivity index (χ0n) is 14.7. The summed E-state index contributed by atoms with van der Waals surface area (Å²) in [4.78, 5) is 14.3. The van der Waals surface area contributed by atoms with Gasteiger partial charge in [0.1, 0.15) is 18.3 Å². The number of hydrogen-bond acceptors (Lipinski definition) is 6. The fourth-order valence-electron chi connectivity index (χ4n) is 5.34. The van der Waals surface area contributed by atoms with Crippen molar-refractivity contribution in [1.29, 1.82) is 0 Å². The quantitative estimate of drug-likeness (QED) is 0.719. The predicted molar refractivity (Wildman–Crippen MR) is 84.2 cm³/mol. The summed E-state index contributed by atoms with van der Waals surface area (Å²) >= 11 is 0. The van der Waals surface area contributed by atoms with E-state index in [1.165, 1.54) is 5.57 Å². The second kappa shape index (κ2) is 4.68. The molecule has 0 bridgehead atoms. The first kappa shape index (κ1) is 15.5. The topological polar surface area (TPSA) is 57.2 Å². The lowest BCUT2D eigenvalue weighted by Crippen LogP contribution is -2.48. The molecule has 4 fully saturated rings. The molecule has 132 valence electrons. The third-order valence-electron chi connectivity index (χ3n) is 6.04. The molecule has 1 unspecified atom stereocenters. The number of hydrogen-bond donors (Lipinski definition) is 0. The molecule has 0 N–H and O–H groups in total. The van der Waals surface area contributed by atoms with Gasteiger partial charge in [-0.2, -0.15) is 0 Å². The third-order valence-corrected chi connectivity index (χ3v) is 6.04. The van der Waals surface area contributed by atoms with Gasteiger partial charge < -0.3 is 18.9 Å². The van der Waals surface area contributed by atoms with Crippen LogP contribution < -0.4 is 0 Å². The molecule has 6 atom stereocenters. The third kappa shape index (κ3) is 2.10. The van der Waals surface area contributed by atoms with Gasteiger partial charge in [-0.15, -0.1) is 0 Å². The molecule has 0 amide bonds. The maximum Gasteiger partial charge on any atom is 0.163 e. The van der Waals surface area contributed by atoms with Crippen LogP contribution in [-0.4, -0.2) is 65.8 Å². The number of carbonyl (C=O) groups is 1. The molecule has 0 spiro atoms. The minimum atomic E-state index is -0.594. The van der Waals surface area contributed by atoms with Gasteiger partial charge in [0, 0.05) is 24.9 Å². The average molecular weight is 335 g/mol. The number of allylic oxidation sites excluding steroid dienone is 1. The Bertz CT molecular complexity index is 627. The summed E-state index contributed by atoms with van der Waals surface area (Å²) in [5.41, 5.74) is 1.25. The van der Waals surface area contributed by atoms with Crippen molar-refractivity contribution in [1.82, 2.24) is 4.90 Å². The minimum Gasteiger partial charge on any atom is -0.348 e. The summed E-state index contributed by atoms with van der Waals surface area (Å²) in [7, 11) is 0. The van der Waals surface area contributed by atoms with Crippen LogP contribution in [0, 0.1) is 5.92 Å². The summed E-state index contributed by atoms with van der Waals surface area (Å²) in [6.07, 6.45) is 2.35. The van der Waals surface area contributed by atoms with E-state index in [4.69, 9.17) is 18.9 Å². The Labute approximate surface area is 142 Å². The molecule has 6 nitrogen and oxygen atoms in total. The van der Waals surface area contributed by atoms with Crippen molar-refractivity contribution < 1.29 is 23.7 Å². The molecule has 4 heterocycles. The van der Waals surface area contributed by atoms with Gasteiger partial charge >= 0.3 is 0 Å². The number of ketones is 1. The van der Waals surface area contributed by atoms with Gasteiger partial charge in [0.15, 0.2) is 17.4 Å². The van der Waals surface area contributed by atoms with Crippen LogP contribution >= 0.6 is 0 Å². The van der Waals surface area contributed by atoms with E-state index in [1.807, 2.05) is 33.8 Å². The van der Waals surface area contributed by atoms with Crippen molar-refractivity contribution in [3.8, 4) is 0 Å². The molecule has 4 aliphatic heterocycles. The van der Waals surface area contributed by atoms with Gasteiger partial charge in [0.25, 0.3) is 0 Å². The molecule has 0 aromatic heterocycles. The molecule has 1 aliphatic carbocycles. The Hall–Kier alpha value is -0.790. The first-order chi connectivity index (χ1) is 11.2. The van der Waals surface area contributed by atoms with Crippen molar-refractivity contribution in [2.45, 2.75) is 76.1 Å². The Balaban J connectivity index is 1.50. The maximum absolute atomic E-state index is 11.9. The monoisotopic (exact) mass is 335 g/mol. The summed E-state index contributed by atoms with van der Waals surface area (Å²) in [6, 6.07) is 0.303. The summed E-state index contributed by atoms with van der Waals surface area (Å²) in [6.45, 7) is 9.21. The summed E-state index contributed by atoms with van der Waals surface area (Å²) in [5.74, 6) is -0.640. The van der Waals surface area contributed by atoms with E-state index >= 15 is 0 Å². The van der Waals surface area contributed by atoms with Crippen LogP contribution in [0.3, 0.4) is 0 Å². The second-order valence-electron chi connectivity index (χ2n) is 8.58. The normalized spacial score (nSPS) is 48.5. The van der Waals surface area contributed by atoms with Gasteiger partial charge in [-0.25, -0.2) is 0 Å². The van der Waals surface area contributed by atoms with Crippen molar-refractivity contribution in [3.05, 3.63) is 11.6 Å². The molecular weight excluding hydrogens is 310 g/mol. The van der Waals surface area contributed by atoms with E-state index in [0.717, 1.165) is 6.54 Å². The van der Waals surface area contributed by atoms with Crippen LogP contribution in [0.4, 0.5) is 0 Å². The lowest BCUT2D eigenvalue weighted by Gasteiger charge is -2.33. The molecular formula is C18H25NO5. The van der Waals surface area contributed by atoms with Crippen LogP contribution in [0.25, 0.3) is 0 Å². The highest BCUT2D eigenvalue weighted by Gasteiger charge is 2.65. The van der Waals surface area contributed by atoms with E-state index in [9.17, 15) is 4.79 Å². The highest BCUT2D eigenvalue weighted by atomic mass is 16.8. The Morgan fingerprint density at radius 1 is 1.04 bits per heavy atom. The van der Waals surface area contributed by atoms with Gasteiger partial charge in [-0.1, -0.05) is 0 Å². The van der Waals surface area contributed by atoms with Crippen LogP contribution in [0.1, 0.15) is 34.1 Å². The number of nitrogens with zero attached hydrogens (tertiary/aromatic N) is 1. The van der Waals surface area contributed by atoms with Crippen LogP contribution in [-0.2, 0) is 23.7 Å². The molecule has 6 heteroatoms. The second-order valence-corrected chi connectivity index (χ2v) is 8.58. The zero-order chi connectivity index (χ0) is 16.9. The Kier molecular flexibility index (Phi) is 3.01. The molecule has 24 heavy (non-hydrogen) atoms. The van der Waals surface area contributed by atoms with Gasteiger partial charge in [0.05, 0.1) is 12.6 Å². The van der Waals surface area contributed by atoms with Gasteiger partial charge in [-0.05, 0) is 39.3 Å². The largest absolute Gasteiger partial charge is 0.348 e. The molecule has 0 aromatic carbocycles. The van der Waals surface area contributed by atoms with E-state index in [-0.39, 0.29) is 42.1 Å². The van der Waals surface area contributed by atoms with Crippen LogP contribution in [0.15, 0.2) is 11.6 Å².